The standard InChI is InChI=1S/C46H28N2S/c1-2-11-30-26-34(22-20-29(30)10-1)48-40-18-7-4-16-38(40)46-42(48)25-24-41-45(46)37-15-3-6-17-39(37)47(41)33-13-9-12-31(27-33)32-21-23-36-35-14-5-8-19-43(35)49-44(36)28-32/h1-28H. The van der Waals surface area contributed by atoms with Crippen LogP contribution in [0.2, 0.25) is 0 Å². The lowest BCUT2D eigenvalue weighted by Crippen LogP contribution is -1.95. The fourth-order valence-electron chi connectivity index (χ4n) is 8.12. The molecule has 0 saturated carbocycles. The van der Waals surface area contributed by atoms with Gasteiger partial charge in [-0.1, -0.05) is 109 Å². The molecule has 0 aliphatic rings. The van der Waals surface area contributed by atoms with E-state index in [2.05, 4.69) is 179 Å². The Labute approximate surface area is 286 Å². The van der Waals surface area contributed by atoms with E-state index in [1.54, 1.807) is 0 Å². The number of fused-ring (bicyclic) bond motifs is 11. The van der Waals surface area contributed by atoms with Gasteiger partial charge in [0.05, 0.1) is 22.1 Å². The minimum absolute atomic E-state index is 1.16. The smallest absolute Gasteiger partial charge is 0.0548 e. The summed E-state index contributed by atoms with van der Waals surface area (Å²) in [5, 5.41) is 10.3. The lowest BCUT2D eigenvalue weighted by Gasteiger charge is -2.11. The van der Waals surface area contributed by atoms with Gasteiger partial charge in [0.15, 0.2) is 0 Å². The van der Waals surface area contributed by atoms with Crippen LogP contribution in [0.3, 0.4) is 0 Å². The molecule has 228 valence electrons. The van der Waals surface area contributed by atoms with E-state index in [0.29, 0.717) is 0 Å². The quantitative estimate of drug-likeness (QED) is 0.182. The van der Waals surface area contributed by atoms with Crippen LogP contribution in [-0.2, 0) is 0 Å². The van der Waals surface area contributed by atoms with Crippen molar-refractivity contribution in [2.45, 2.75) is 0 Å². The zero-order valence-electron chi connectivity index (χ0n) is 26.5. The van der Waals surface area contributed by atoms with Gasteiger partial charge in [-0.3, -0.25) is 0 Å². The summed E-state index contributed by atoms with van der Waals surface area (Å²) < 4.78 is 7.55. The highest BCUT2D eigenvalue weighted by molar-refractivity contribution is 7.25. The number of hydrogen-bond acceptors (Lipinski definition) is 1. The van der Waals surface area contributed by atoms with Crippen LogP contribution in [0, 0.1) is 0 Å². The fourth-order valence-corrected chi connectivity index (χ4v) is 9.27. The maximum Gasteiger partial charge on any atom is 0.0548 e. The average molecular weight is 641 g/mol. The molecule has 0 spiro atoms. The van der Waals surface area contributed by atoms with Gasteiger partial charge in [-0.25, -0.2) is 0 Å². The van der Waals surface area contributed by atoms with Gasteiger partial charge in [0.2, 0.25) is 0 Å². The van der Waals surface area contributed by atoms with E-state index in [0.717, 1.165) is 5.69 Å². The summed E-state index contributed by atoms with van der Waals surface area (Å²) >= 11 is 1.87. The molecular weight excluding hydrogens is 613 g/mol. The number of thiophene rings is 1. The van der Waals surface area contributed by atoms with Crippen LogP contribution < -0.4 is 0 Å². The molecule has 49 heavy (non-hydrogen) atoms. The van der Waals surface area contributed by atoms with E-state index in [-0.39, 0.29) is 0 Å². The summed E-state index contributed by atoms with van der Waals surface area (Å²) in [4.78, 5) is 0. The van der Waals surface area contributed by atoms with Crippen molar-refractivity contribution in [3.05, 3.63) is 170 Å². The van der Waals surface area contributed by atoms with Crippen molar-refractivity contribution in [1.29, 1.82) is 0 Å². The molecule has 11 aromatic rings. The van der Waals surface area contributed by atoms with Gasteiger partial charge in [0, 0.05) is 53.1 Å². The van der Waals surface area contributed by atoms with Crippen molar-refractivity contribution in [3.8, 4) is 22.5 Å². The van der Waals surface area contributed by atoms with Gasteiger partial charge >= 0.3 is 0 Å². The van der Waals surface area contributed by atoms with Crippen LogP contribution in [0.4, 0.5) is 0 Å². The van der Waals surface area contributed by atoms with Gasteiger partial charge in [0.1, 0.15) is 0 Å². The van der Waals surface area contributed by atoms with Crippen LogP contribution in [-0.4, -0.2) is 9.13 Å². The highest BCUT2D eigenvalue weighted by Gasteiger charge is 2.20. The summed E-state index contributed by atoms with van der Waals surface area (Å²) in [6.45, 7) is 0. The predicted molar refractivity (Wildman–Crippen MR) is 211 cm³/mol. The van der Waals surface area contributed by atoms with Gasteiger partial charge in [-0.15, -0.1) is 11.3 Å². The Bertz CT molecular complexity index is 3120. The van der Waals surface area contributed by atoms with Crippen molar-refractivity contribution in [3.63, 3.8) is 0 Å². The number of hydrogen-bond donors (Lipinski definition) is 0. The molecule has 2 nitrogen and oxygen atoms in total. The Morgan fingerprint density at radius 2 is 0.918 bits per heavy atom. The van der Waals surface area contributed by atoms with E-state index in [1.807, 2.05) is 11.3 Å². The molecule has 8 aromatic carbocycles. The third-order valence-corrected chi connectivity index (χ3v) is 11.4. The summed E-state index contributed by atoms with van der Waals surface area (Å²) in [5.41, 5.74) is 9.67. The summed E-state index contributed by atoms with van der Waals surface area (Å²) in [7, 11) is 0. The molecule has 0 aliphatic carbocycles. The summed E-state index contributed by atoms with van der Waals surface area (Å²) in [6, 6.07) is 62.5. The highest BCUT2D eigenvalue weighted by atomic mass is 32.1. The first kappa shape index (κ1) is 26.9. The second kappa shape index (κ2) is 10.2. The van der Waals surface area contributed by atoms with E-state index < -0.39 is 0 Å². The molecule has 0 atom stereocenters. The second-order valence-corrected chi connectivity index (χ2v) is 14.0. The van der Waals surface area contributed by atoms with Gasteiger partial charge in [-0.05, 0) is 82.6 Å². The first-order valence-corrected chi connectivity index (χ1v) is 17.6. The topological polar surface area (TPSA) is 9.86 Å². The molecule has 0 unspecified atom stereocenters. The van der Waals surface area contributed by atoms with Crippen LogP contribution in [0.15, 0.2) is 170 Å². The minimum atomic E-state index is 1.16. The third kappa shape index (κ3) is 3.88. The number of para-hydroxylation sites is 2. The molecule has 0 amide bonds. The molecule has 0 radical (unpaired) electrons. The number of nitrogens with zero attached hydrogens (tertiary/aromatic N) is 2. The largest absolute Gasteiger partial charge is 0.309 e. The van der Waals surface area contributed by atoms with Gasteiger partial charge in [0.25, 0.3) is 0 Å². The molecular formula is C46H28N2S. The van der Waals surface area contributed by atoms with Crippen molar-refractivity contribution < 1.29 is 0 Å². The fraction of sp³-hybridized carbons (Fsp3) is 0. The lowest BCUT2D eigenvalue weighted by molar-refractivity contribution is 1.17. The van der Waals surface area contributed by atoms with Crippen LogP contribution in [0.1, 0.15) is 0 Å². The van der Waals surface area contributed by atoms with Crippen LogP contribution >= 0.6 is 11.3 Å². The molecule has 3 heteroatoms. The Hall–Kier alpha value is -6.16. The number of rotatable bonds is 3. The average Bonchev–Trinajstić information content (AvgIpc) is 3.82. The lowest BCUT2D eigenvalue weighted by atomic mass is 10.0. The molecule has 11 rings (SSSR count). The molecule has 0 saturated heterocycles. The maximum atomic E-state index is 2.45. The Morgan fingerprint density at radius 1 is 0.327 bits per heavy atom. The van der Waals surface area contributed by atoms with Gasteiger partial charge < -0.3 is 9.13 Å². The molecule has 0 aliphatic heterocycles. The summed E-state index contributed by atoms with van der Waals surface area (Å²) in [6.07, 6.45) is 0. The van der Waals surface area contributed by atoms with Crippen molar-refractivity contribution in [2.24, 2.45) is 0 Å². The SMILES string of the molecule is c1cc(-c2ccc3c(c2)sc2ccccc23)cc(-n2c3ccccc3c3c4c5ccccc5n(-c5ccc6ccccc6c5)c4ccc32)c1. The van der Waals surface area contributed by atoms with Crippen molar-refractivity contribution in [1.82, 2.24) is 9.13 Å². The molecule has 0 N–H and O–H groups in total. The van der Waals surface area contributed by atoms with E-state index >= 15 is 0 Å². The molecule has 3 aromatic heterocycles. The zero-order chi connectivity index (χ0) is 32.1. The first-order chi connectivity index (χ1) is 24.3. The Kier molecular flexibility index (Phi) is 5.57. The Balaban J connectivity index is 1.16. The molecule has 3 heterocycles. The van der Waals surface area contributed by atoms with Crippen LogP contribution in [0.25, 0.3) is 97.1 Å². The zero-order valence-corrected chi connectivity index (χ0v) is 27.3. The van der Waals surface area contributed by atoms with E-state index in [1.165, 1.54) is 91.4 Å². The summed E-state index contributed by atoms with van der Waals surface area (Å²) in [5.74, 6) is 0. The number of benzene rings is 8. The van der Waals surface area contributed by atoms with Gasteiger partial charge in [-0.2, -0.15) is 0 Å². The van der Waals surface area contributed by atoms with E-state index in [4.69, 9.17) is 0 Å². The molecule has 0 bridgehead atoms. The maximum absolute atomic E-state index is 2.45. The van der Waals surface area contributed by atoms with Crippen molar-refractivity contribution in [2.75, 3.05) is 0 Å². The highest BCUT2D eigenvalue weighted by Crippen LogP contribution is 2.43. The normalized spacial score (nSPS) is 12.1. The number of aromatic nitrogens is 2. The second-order valence-electron chi connectivity index (χ2n) is 12.9. The minimum Gasteiger partial charge on any atom is -0.309 e. The third-order valence-electron chi connectivity index (χ3n) is 10.3. The first-order valence-electron chi connectivity index (χ1n) is 16.8. The molecule has 0 fully saturated rings. The predicted octanol–water partition coefficient (Wildman–Crippen LogP) is 13.1. The van der Waals surface area contributed by atoms with E-state index in [9.17, 15) is 0 Å². The monoisotopic (exact) mass is 640 g/mol. The van der Waals surface area contributed by atoms with Crippen LogP contribution in [0.5, 0.6) is 0 Å². The Morgan fingerprint density at radius 3 is 1.67 bits per heavy atom. The van der Waals surface area contributed by atoms with Crippen molar-refractivity contribution >= 4 is 85.9 Å².